The topological polar surface area (TPSA) is 46.5 Å². The summed E-state index contributed by atoms with van der Waals surface area (Å²) in [5.41, 5.74) is 0.555. The Morgan fingerprint density at radius 3 is 2.88 bits per heavy atom. The number of hydrogen-bond acceptors (Lipinski definition) is 2. The number of carbonyl (C=O) groups is 1. The van der Waals surface area contributed by atoms with Gasteiger partial charge in [-0.15, -0.1) is 0 Å². The fourth-order valence-electron chi connectivity index (χ4n) is 1.44. The first-order valence-electron chi connectivity index (χ1n) is 5.28. The second kappa shape index (κ2) is 4.51. The fraction of sp³-hybridized carbons (Fsp3) is 0.417. The minimum atomic E-state index is -0.931. The van der Waals surface area contributed by atoms with Gasteiger partial charge in [0.1, 0.15) is 0 Å². The Kier molecular flexibility index (Phi) is 3.08. The summed E-state index contributed by atoms with van der Waals surface area (Å²) in [4.78, 5) is 10.5. The monoisotopic (exact) mass is 224 g/mol. The van der Waals surface area contributed by atoms with Crippen molar-refractivity contribution in [2.24, 2.45) is 5.92 Å². The van der Waals surface area contributed by atoms with Crippen LogP contribution < -0.4 is 4.74 Å². The van der Waals surface area contributed by atoms with Gasteiger partial charge in [-0.05, 0) is 36.5 Å². The van der Waals surface area contributed by atoms with Crippen LogP contribution in [0.2, 0.25) is 0 Å². The third kappa shape index (κ3) is 2.95. The molecule has 1 fully saturated rings. The Balaban J connectivity index is 2.04. The van der Waals surface area contributed by atoms with Crippen molar-refractivity contribution < 1.29 is 19.0 Å². The lowest BCUT2D eigenvalue weighted by molar-refractivity contribution is -0.136. The molecule has 0 saturated heterocycles. The first-order valence-corrected chi connectivity index (χ1v) is 5.28. The molecule has 1 aliphatic carbocycles. The molecular weight excluding hydrogens is 211 g/mol. The number of benzene rings is 1. The highest BCUT2D eigenvalue weighted by molar-refractivity contribution is 5.70. The average Bonchev–Trinajstić information content (AvgIpc) is 3.02. The summed E-state index contributed by atoms with van der Waals surface area (Å²) in [6.45, 7) is 0.521. The molecule has 1 aromatic rings. The van der Waals surface area contributed by atoms with E-state index in [0.29, 0.717) is 18.1 Å². The summed E-state index contributed by atoms with van der Waals surface area (Å²) in [7, 11) is 0. The van der Waals surface area contributed by atoms with Crippen LogP contribution in [-0.4, -0.2) is 17.7 Å². The van der Waals surface area contributed by atoms with E-state index in [2.05, 4.69) is 0 Å². The Morgan fingerprint density at radius 1 is 1.50 bits per heavy atom. The molecule has 1 aromatic carbocycles. The quantitative estimate of drug-likeness (QED) is 0.834. The van der Waals surface area contributed by atoms with Gasteiger partial charge in [-0.3, -0.25) is 4.79 Å². The van der Waals surface area contributed by atoms with E-state index < -0.39 is 11.8 Å². The van der Waals surface area contributed by atoms with Gasteiger partial charge in [0.05, 0.1) is 13.0 Å². The van der Waals surface area contributed by atoms with Gasteiger partial charge in [0.2, 0.25) is 0 Å². The molecule has 0 atom stereocenters. The van der Waals surface area contributed by atoms with Crippen LogP contribution in [0, 0.1) is 11.7 Å². The van der Waals surface area contributed by atoms with Gasteiger partial charge in [-0.2, -0.15) is 0 Å². The molecule has 0 bridgehead atoms. The highest BCUT2D eigenvalue weighted by Gasteiger charge is 2.22. The van der Waals surface area contributed by atoms with Gasteiger partial charge in [-0.1, -0.05) is 6.07 Å². The third-order valence-corrected chi connectivity index (χ3v) is 2.52. The van der Waals surface area contributed by atoms with Crippen molar-refractivity contribution >= 4 is 5.97 Å². The molecule has 4 heteroatoms. The van der Waals surface area contributed by atoms with Crippen molar-refractivity contribution in [2.45, 2.75) is 19.3 Å². The Bertz CT molecular complexity index is 399. The zero-order valence-electron chi connectivity index (χ0n) is 8.78. The van der Waals surface area contributed by atoms with Crippen LogP contribution in [0.5, 0.6) is 5.75 Å². The molecule has 1 N–H and O–H groups in total. The summed E-state index contributed by atoms with van der Waals surface area (Å²) in [5, 5.41) is 8.62. The summed E-state index contributed by atoms with van der Waals surface area (Å²) in [5.74, 6) is -0.664. The van der Waals surface area contributed by atoms with Crippen molar-refractivity contribution in [2.75, 3.05) is 6.61 Å². The SMILES string of the molecule is O=C(O)Cc1ccc(F)c(OCC2CC2)c1. The smallest absolute Gasteiger partial charge is 0.307 e. The van der Waals surface area contributed by atoms with Gasteiger partial charge in [0, 0.05) is 0 Å². The van der Waals surface area contributed by atoms with E-state index in [9.17, 15) is 9.18 Å². The lowest BCUT2D eigenvalue weighted by atomic mass is 10.1. The zero-order valence-corrected chi connectivity index (χ0v) is 8.78. The van der Waals surface area contributed by atoms with Gasteiger partial charge in [0.25, 0.3) is 0 Å². The molecular formula is C12H13FO3. The summed E-state index contributed by atoms with van der Waals surface area (Å²) in [6.07, 6.45) is 2.16. The maximum absolute atomic E-state index is 13.3. The molecule has 0 aromatic heterocycles. The van der Waals surface area contributed by atoms with E-state index >= 15 is 0 Å². The fourth-order valence-corrected chi connectivity index (χ4v) is 1.44. The van der Waals surface area contributed by atoms with Gasteiger partial charge in [-0.25, -0.2) is 4.39 Å². The molecule has 16 heavy (non-hydrogen) atoms. The number of rotatable bonds is 5. The zero-order chi connectivity index (χ0) is 11.5. The average molecular weight is 224 g/mol. The van der Waals surface area contributed by atoms with Crippen molar-refractivity contribution in [3.8, 4) is 5.75 Å². The normalized spacial score (nSPS) is 14.8. The van der Waals surface area contributed by atoms with Crippen LogP contribution in [0.1, 0.15) is 18.4 Å². The van der Waals surface area contributed by atoms with Gasteiger partial charge < -0.3 is 9.84 Å². The minimum Gasteiger partial charge on any atom is -0.490 e. The van der Waals surface area contributed by atoms with Crippen LogP contribution in [-0.2, 0) is 11.2 Å². The number of aliphatic carboxylic acids is 1. The van der Waals surface area contributed by atoms with Crippen LogP contribution in [0.15, 0.2) is 18.2 Å². The van der Waals surface area contributed by atoms with E-state index in [1.807, 2.05) is 0 Å². The van der Waals surface area contributed by atoms with Crippen molar-refractivity contribution in [1.82, 2.24) is 0 Å². The Morgan fingerprint density at radius 2 is 2.25 bits per heavy atom. The number of hydrogen-bond donors (Lipinski definition) is 1. The molecule has 1 saturated carbocycles. The van der Waals surface area contributed by atoms with Gasteiger partial charge >= 0.3 is 5.97 Å². The molecule has 0 radical (unpaired) electrons. The highest BCUT2D eigenvalue weighted by Crippen LogP contribution is 2.30. The van der Waals surface area contributed by atoms with Crippen LogP contribution in [0.4, 0.5) is 4.39 Å². The molecule has 0 spiro atoms. The van der Waals surface area contributed by atoms with Gasteiger partial charge in [0.15, 0.2) is 11.6 Å². The first kappa shape index (κ1) is 10.9. The Hall–Kier alpha value is -1.58. The number of halogens is 1. The van der Waals surface area contributed by atoms with Crippen LogP contribution >= 0.6 is 0 Å². The largest absolute Gasteiger partial charge is 0.490 e. The summed E-state index contributed by atoms with van der Waals surface area (Å²) < 4.78 is 18.6. The molecule has 3 nitrogen and oxygen atoms in total. The van der Waals surface area contributed by atoms with Crippen LogP contribution in [0.3, 0.4) is 0 Å². The lowest BCUT2D eigenvalue weighted by Crippen LogP contribution is -2.04. The second-order valence-corrected chi connectivity index (χ2v) is 4.09. The van der Waals surface area contributed by atoms with E-state index in [1.54, 1.807) is 0 Å². The number of carboxylic acid groups (broad SMARTS) is 1. The second-order valence-electron chi connectivity index (χ2n) is 4.09. The maximum atomic E-state index is 13.3. The number of ether oxygens (including phenoxy) is 1. The molecule has 86 valence electrons. The van der Waals surface area contributed by atoms with Crippen molar-refractivity contribution in [3.05, 3.63) is 29.6 Å². The molecule has 0 amide bonds. The Labute approximate surface area is 92.9 Å². The molecule has 0 unspecified atom stereocenters. The minimum absolute atomic E-state index is 0.111. The lowest BCUT2D eigenvalue weighted by Gasteiger charge is -2.07. The predicted molar refractivity (Wildman–Crippen MR) is 56.0 cm³/mol. The van der Waals surface area contributed by atoms with E-state index in [-0.39, 0.29) is 12.2 Å². The van der Waals surface area contributed by atoms with E-state index in [4.69, 9.17) is 9.84 Å². The maximum Gasteiger partial charge on any atom is 0.307 e. The summed E-state index contributed by atoms with van der Waals surface area (Å²) >= 11 is 0. The molecule has 0 heterocycles. The van der Waals surface area contributed by atoms with Crippen LogP contribution in [0.25, 0.3) is 0 Å². The summed E-state index contributed by atoms with van der Waals surface area (Å²) in [6, 6.07) is 4.18. The third-order valence-electron chi connectivity index (χ3n) is 2.52. The molecule has 1 aliphatic rings. The number of carboxylic acids is 1. The van der Waals surface area contributed by atoms with Crippen molar-refractivity contribution in [3.63, 3.8) is 0 Å². The molecule has 2 rings (SSSR count). The standard InChI is InChI=1S/C12H13FO3/c13-10-4-3-9(6-12(14)15)5-11(10)16-7-8-1-2-8/h3-5,8H,1-2,6-7H2,(H,14,15). The predicted octanol–water partition coefficient (Wildman–Crippen LogP) is 2.24. The van der Waals surface area contributed by atoms with Crippen molar-refractivity contribution in [1.29, 1.82) is 0 Å². The van der Waals surface area contributed by atoms with E-state index in [0.717, 1.165) is 12.8 Å². The first-order chi connectivity index (χ1) is 7.65. The molecule has 0 aliphatic heterocycles. The highest BCUT2D eigenvalue weighted by atomic mass is 19.1. The van der Waals surface area contributed by atoms with E-state index in [1.165, 1.54) is 18.2 Å².